The van der Waals surface area contributed by atoms with Crippen molar-refractivity contribution in [2.24, 2.45) is 0 Å². The van der Waals surface area contributed by atoms with Gasteiger partial charge in [0.2, 0.25) is 0 Å². The molecule has 4 heterocycles. The van der Waals surface area contributed by atoms with Gasteiger partial charge in [-0.05, 0) is 42.5 Å². The summed E-state index contributed by atoms with van der Waals surface area (Å²) in [6.45, 7) is 0. The van der Waals surface area contributed by atoms with E-state index >= 15 is 0 Å². The lowest BCUT2D eigenvalue weighted by molar-refractivity contribution is 1.03. The second-order valence-electron chi connectivity index (χ2n) is 6.85. The standard InChI is InChI=1S/C22H12Cl2N6S/c23-13-8-9-15(24)14(11-13)19-20(29-10-4-3-7-18(29)27-19)21-28-25-12-30(21)22-26-16-5-1-2-6-17(16)31-22/h1-12H. The molecule has 0 bridgehead atoms. The first-order valence-corrected chi connectivity index (χ1v) is 10.9. The van der Waals surface area contributed by atoms with Crippen molar-refractivity contribution in [1.29, 1.82) is 0 Å². The third-order valence-electron chi connectivity index (χ3n) is 4.96. The van der Waals surface area contributed by atoms with E-state index in [0.29, 0.717) is 21.6 Å². The van der Waals surface area contributed by atoms with E-state index in [0.717, 1.165) is 32.3 Å². The van der Waals surface area contributed by atoms with Crippen LogP contribution >= 0.6 is 34.5 Å². The molecule has 2 aromatic carbocycles. The molecule has 4 aromatic heterocycles. The summed E-state index contributed by atoms with van der Waals surface area (Å²) in [6.07, 6.45) is 3.61. The molecule has 0 radical (unpaired) electrons. The van der Waals surface area contributed by atoms with Crippen LogP contribution < -0.4 is 0 Å². The van der Waals surface area contributed by atoms with Crippen LogP contribution in [0.25, 0.3) is 43.8 Å². The van der Waals surface area contributed by atoms with Crippen molar-refractivity contribution >= 4 is 50.4 Å². The summed E-state index contributed by atoms with van der Waals surface area (Å²) in [7, 11) is 0. The summed E-state index contributed by atoms with van der Waals surface area (Å²) < 4.78 is 4.94. The molecule has 0 amide bonds. The quantitative estimate of drug-likeness (QED) is 0.315. The number of para-hydroxylation sites is 1. The van der Waals surface area contributed by atoms with Crippen molar-refractivity contribution in [2.45, 2.75) is 0 Å². The molecule has 0 aliphatic rings. The zero-order valence-corrected chi connectivity index (χ0v) is 18.1. The molecule has 0 spiro atoms. The molecule has 0 N–H and O–H groups in total. The van der Waals surface area contributed by atoms with E-state index in [1.807, 2.05) is 63.7 Å². The van der Waals surface area contributed by atoms with Crippen LogP contribution in [0, 0.1) is 0 Å². The first kappa shape index (κ1) is 18.5. The number of aromatic nitrogens is 6. The summed E-state index contributed by atoms with van der Waals surface area (Å²) in [6, 6.07) is 19.2. The fourth-order valence-corrected chi connectivity index (χ4v) is 4.89. The van der Waals surface area contributed by atoms with Crippen LogP contribution in [0.1, 0.15) is 0 Å². The minimum Gasteiger partial charge on any atom is -0.296 e. The van der Waals surface area contributed by atoms with Crippen LogP contribution in [0.5, 0.6) is 0 Å². The third-order valence-corrected chi connectivity index (χ3v) is 6.56. The molecule has 6 aromatic rings. The molecular formula is C22H12Cl2N6S. The van der Waals surface area contributed by atoms with Crippen LogP contribution in [0.4, 0.5) is 0 Å². The zero-order chi connectivity index (χ0) is 20.9. The molecule has 0 saturated heterocycles. The lowest BCUT2D eigenvalue weighted by atomic mass is 10.1. The van der Waals surface area contributed by atoms with E-state index in [4.69, 9.17) is 33.2 Å². The summed E-state index contributed by atoms with van der Waals surface area (Å²) in [4.78, 5) is 9.60. The van der Waals surface area contributed by atoms with E-state index in [-0.39, 0.29) is 0 Å². The Morgan fingerprint density at radius 1 is 0.903 bits per heavy atom. The Balaban J connectivity index is 1.65. The molecule has 6 rings (SSSR count). The minimum atomic E-state index is 0.556. The Morgan fingerprint density at radius 3 is 2.68 bits per heavy atom. The lowest BCUT2D eigenvalue weighted by Crippen LogP contribution is -1.99. The van der Waals surface area contributed by atoms with Crippen molar-refractivity contribution in [3.05, 3.63) is 83.2 Å². The molecule has 0 aliphatic heterocycles. The van der Waals surface area contributed by atoms with E-state index < -0.39 is 0 Å². The largest absolute Gasteiger partial charge is 0.296 e. The molecule has 150 valence electrons. The van der Waals surface area contributed by atoms with Gasteiger partial charge in [-0.15, -0.1) is 10.2 Å². The number of hydrogen-bond acceptors (Lipinski definition) is 5. The van der Waals surface area contributed by atoms with Gasteiger partial charge in [0, 0.05) is 16.8 Å². The fraction of sp³-hybridized carbons (Fsp3) is 0. The maximum atomic E-state index is 6.54. The molecule has 0 atom stereocenters. The van der Waals surface area contributed by atoms with Crippen molar-refractivity contribution in [3.8, 4) is 27.9 Å². The number of imidazole rings is 1. The van der Waals surface area contributed by atoms with E-state index in [9.17, 15) is 0 Å². The van der Waals surface area contributed by atoms with Crippen LogP contribution in [-0.2, 0) is 0 Å². The van der Waals surface area contributed by atoms with E-state index in [1.54, 1.807) is 29.8 Å². The molecule has 0 unspecified atom stereocenters. The normalized spacial score (nSPS) is 11.5. The number of nitrogens with zero attached hydrogens (tertiary/aromatic N) is 6. The maximum Gasteiger partial charge on any atom is 0.197 e. The first-order valence-electron chi connectivity index (χ1n) is 9.38. The van der Waals surface area contributed by atoms with Gasteiger partial charge in [-0.25, -0.2) is 9.97 Å². The zero-order valence-electron chi connectivity index (χ0n) is 15.8. The number of thiazole rings is 1. The molecule has 9 heteroatoms. The highest BCUT2D eigenvalue weighted by Crippen LogP contribution is 2.38. The van der Waals surface area contributed by atoms with Gasteiger partial charge >= 0.3 is 0 Å². The average molecular weight is 463 g/mol. The number of rotatable bonds is 3. The predicted octanol–water partition coefficient (Wildman–Crippen LogP) is 6.17. The summed E-state index contributed by atoms with van der Waals surface area (Å²) in [5.74, 6) is 0.615. The van der Waals surface area contributed by atoms with E-state index in [1.165, 1.54) is 0 Å². The molecule has 0 saturated carbocycles. The van der Waals surface area contributed by atoms with Crippen LogP contribution in [0.3, 0.4) is 0 Å². The van der Waals surface area contributed by atoms with Gasteiger partial charge in [0.25, 0.3) is 0 Å². The van der Waals surface area contributed by atoms with Gasteiger partial charge < -0.3 is 0 Å². The molecule has 31 heavy (non-hydrogen) atoms. The summed E-state index contributed by atoms with van der Waals surface area (Å²) >= 11 is 14.4. The second kappa shape index (κ2) is 7.16. The summed E-state index contributed by atoms with van der Waals surface area (Å²) in [5, 5.41) is 10.5. The molecular weight excluding hydrogens is 451 g/mol. The maximum absolute atomic E-state index is 6.54. The number of pyridine rings is 1. The molecule has 0 fully saturated rings. The Hall–Kier alpha value is -3.26. The van der Waals surface area contributed by atoms with Crippen molar-refractivity contribution in [3.63, 3.8) is 0 Å². The van der Waals surface area contributed by atoms with Crippen molar-refractivity contribution in [2.75, 3.05) is 0 Å². The minimum absolute atomic E-state index is 0.556. The Kier molecular flexibility index (Phi) is 4.27. The number of fused-ring (bicyclic) bond motifs is 2. The average Bonchev–Trinajstić information content (AvgIpc) is 3.50. The second-order valence-corrected chi connectivity index (χ2v) is 8.70. The Bertz CT molecular complexity index is 1550. The van der Waals surface area contributed by atoms with Gasteiger partial charge in [0.1, 0.15) is 23.4 Å². The topological polar surface area (TPSA) is 60.9 Å². The first-order chi connectivity index (χ1) is 15.2. The number of hydrogen-bond donors (Lipinski definition) is 0. The van der Waals surface area contributed by atoms with Gasteiger partial charge in [-0.2, -0.15) is 0 Å². The monoisotopic (exact) mass is 462 g/mol. The van der Waals surface area contributed by atoms with Crippen molar-refractivity contribution < 1.29 is 0 Å². The van der Waals surface area contributed by atoms with Crippen LogP contribution in [0.15, 0.2) is 73.2 Å². The SMILES string of the molecule is Clc1ccc(Cl)c(-c2nc3ccccn3c2-c2nncn2-c2nc3ccccc3s2)c1. The van der Waals surface area contributed by atoms with Crippen molar-refractivity contribution in [1.82, 2.24) is 29.1 Å². The number of benzene rings is 2. The predicted molar refractivity (Wildman–Crippen MR) is 124 cm³/mol. The molecule has 0 aliphatic carbocycles. The van der Waals surface area contributed by atoms with Gasteiger partial charge in [-0.1, -0.05) is 52.7 Å². The fourth-order valence-electron chi connectivity index (χ4n) is 3.58. The van der Waals surface area contributed by atoms with E-state index in [2.05, 4.69) is 10.2 Å². The molecule has 6 nitrogen and oxygen atoms in total. The third kappa shape index (κ3) is 3.01. The number of halogens is 2. The highest BCUT2D eigenvalue weighted by Gasteiger charge is 2.23. The van der Waals surface area contributed by atoms with Crippen LogP contribution in [0.2, 0.25) is 10.0 Å². The smallest absolute Gasteiger partial charge is 0.197 e. The van der Waals surface area contributed by atoms with Crippen LogP contribution in [-0.4, -0.2) is 29.1 Å². The lowest BCUT2D eigenvalue weighted by Gasteiger charge is -2.07. The highest BCUT2D eigenvalue weighted by atomic mass is 35.5. The Morgan fingerprint density at radius 2 is 1.77 bits per heavy atom. The van der Waals surface area contributed by atoms with Gasteiger partial charge in [-0.3, -0.25) is 8.97 Å². The van der Waals surface area contributed by atoms with Gasteiger partial charge in [0.15, 0.2) is 11.0 Å². The summed E-state index contributed by atoms with van der Waals surface area (Å²) in [5.41, 5.74) is 3.86. The highest BCUT2D eigenvalue weighted by molar-refractivity contribution is 7.20. The van der Waals surface area contributed by atoms with Gasteiger partial charge in [0.05, 0.1) is 15.2 Å². The Labute approximate surface area is 190 Å².